The summed E-state index contributed by atoms with van der Waals surface area (Å²) in [7, 11) is 0. The van der Waals surface area contributed by atoms with E-state index in [0.717, 1.165) is 0 Å². The number of anilines is 3. The molecule has 0 spiro atoms. The molecule has 0 aliphatic heterocycles. The molecule has 5 N–H and O–H groups in total. The van der Waals surface area contributed by atoms with Crippen molar-refractivity contribution >= 4 is 53.8 Å². The Hall–Kier alpha value is -4.56. The molecule has 0 bridgehead atoms. The van der Waals surface area contributed by atoms with Crippen molar-refractivity contribution in [1.82, 2.24) is 0 Å². The molecule has 0 aliphatic carbocycles. The number of hydrogen-bond acceptors (Lipinski definition) is 10. The maximum atomic E-state index is 12.0. The molecule has 1 aromatic rings. The third-order valence-corrected chi connectivity index (χ3v) is 3.92. The Labute approximate surface area is 205 Å². The lowest BCUT2D eigenvalue weighted by Gasteiger charge is -2.13. The smallest absolute Gasteiger partial charge is 0.411 e. The standard InChI is InChI=1S/C21H27N3O12/c25-13-33-6-3-9-36-21(32)24-16-11-14(22-19(30)34-7-1-4-17(26)27)10-15(12-16)23-20(31)35-8-2-5-18(28)29/h10-13H,1-9H2,(H,22,30)(H,23,31)(H,24,32)(H,26,27)(H,28,29). The van der Waals surface area contributed by atoms with Gasteiger partial charge in [-0.25, -0.2) is 14.4 Å². The minimum absolute atomic E-state index is 0.0476. The van der Waals surface area contributed by atoms with E-state index in [1.807, 2.05) is 0 Å². The fraction of sp³-hybridized carbons (Fsp3) is 0.429. The monoisotopic (exact) mass is 513 g/mol. The van der Waals surface area contributed by atoms with Gasteiger partial charge >= 0.3 is 30.2 Å². The minimum Gasteiger partial charge on any atom is -0.481 e. The number of carboxylic acids is 2. The molecule has 1 aromatic carbocycles. The molecule has 15 heteroatoms. The van der Waals surface area contributed by atoms with Crippen LogP contribution in [0.5, 0.6) is 0 Å². The maximum Gasteiger partial charge on any atom is 0.411 e. The van der Waals surface area contributed by atoms with Crippen molar-refractivity contribution in [1.29, 1.82) is 0 Å². The summed E-state index contributed by atoms with van der Waals surface area (Å²) in [5, 5.41) is 24.4. The number of aliphatic carboxylic acids is 2. The number of carbonyl (C=O) groups excluding carboxylic acids is 4. The van der Waals surface area contributed by atoms with Gasteiger partial charge in [-0.05, 0) is 31.0 Å². The zero-order valence-corrected chi connectivity index (χ0v) is 19.2. The lowest BCUT2D eigenvalue weighted by molar-refractivity contribution is -0.138. The van der Waals surface area contributed by atoms with E-state index < -0.39 is 30.2 Å². The van der Waals surface area contributed by atoms with Gasteiger partial charge in [0, 0.05) is 36.3 Å². The first kappa shape index (κ1) is 29.5. The third-order valence-electron chi connectivity index (χ3n) is 3.92. The summed E-state index contributed by atoms with van der Waals surface area (Å²) in [6.45, 7) is -0.0170. The predicted molar refractivity (Wildman–Crippen MR) is 122 cm³/mol. The molecule has 0 unspecified atom stereocenters. The Balaban J connectivity index is 2.78. The minimum atomic E-state index is -1.04. The zero-order valence-electron chi connectivity index (χ0n) is 19.2. The first-order valence-electron chi connectivity index (χ1n) is 10.6. The molecule has 0 saturated heterocycles. The van der Waals surface area contributed by atoms with Crippen LogP contribution in [0.1, 0.15) is 32.1 Å². The SMILES string of the molecule is O=COCCCOC(=O)Nc1cc(NC(=O)OCCCC(=O)O)cc(NC(=O)OCCCC(=O)O)c1. The second-order valence-corrected chi connectivity index (χ2v) is 6.90. The van der Waals surface area contributed by atoms with Gasteiger partial charge < -0.3 is 29.2 Å². The van der Waals surface area contributed by atoms with Crippen LogP contribution in [0.2, 0.25) is 0 Å². The van der Waals surface area contributed by atoms with Gasteiger partial charge in [-0.1, -0.05) is 0 Å². The van der Waals surface area contributed by atoms with Crippen LogP contribution in [0.15, 0.2) is 18.2 Å². The highest BCUT2D eigenvalue weighted by Gasteiger charge is 2.12. The fourth-order valence-electron chi connectivity index (χ4n) is 2.44. The van der Waals surface area contributed by atoms with E-state index in [0.29, 0.717) is 0 Å². The summed E-state index contributed by atoms with van der Waals surface area (Å²) in [5.74, 6) is -2.07. The highest BCUT2D eigenvalue weighted by Crippen LogP contribution is 2.23. The van der Waals surface area contributed by atoms with Crippen LogP contribution in [-0.4, -0.2) is 73.3 Å². The van der Waals surface area contributed by atoms with Crippen LogP contribution in [0.25, 0.3) is 0 Å². The topological polar surface area (TPSA) is 216 Å². The lowest BCUT2D eigenvalue weighted by atomic mass is 10.2. The van der Waals surface area contributed by atoms with Crippen LogP contribution in [0.4, 0.5) is 31.4 Å². The van der Waals surface area contributed by atoms with Crippen LogP contribution < -0.4 is 16.0 Å². The molecule has 0 fully saturated rings. The van der Waals surface area contributed by atoms with Gasteiger partial charge in [0.05, 0.1) is 26.4 Å². The Kier molecular flexibility index (Phi) is 13.9. The van der Waals surface area contributed by atoms with E-state index in [1.165, 1.54) is 18.2 Å². The second kappa shape index (κ2) is 17.0. The number of benzene rings is 1. The molecular weight excluding hydrogens is 486 g/mol. The highest BCUT2D eigenvalue weighted by molar-refractivity contribution is 5.93. The van der Waals surface area contributed by atoms with Crippen molar-refractivity contribution in [3.63, 3.8) is 0 Å². The second-order valence-electron chi connectivity index (χ2n) is 6.90. The van der Waals surface area contributed by atoms with Crippen molar-refractivity contribution in [2.75, 3.05) is 42.4 Å². The maximum absolute atomic E-state index is 12.0. The van der Waals surface area contributed by atoms with Crippen molar-refractivity contribution in [2.24, 2.45) is 0 Å². The molecule has 36 heavy (non-hydrogen) atoms. The number of carbonyl (C=O) groups is 6. The Morgan fingerprint density at radius 2 is 1.00 bits per heavy atom. The molecule has 0 aliphatic rings. The molecule has 0 heterocycles. The predicted octanol–water partition coefficient (Wildman–Crippen LogP) is 2.62. The molecule has 0 saturated carbocycles. The van der Waals surface area contributed by atoms with Gasteiger partial charge in [0.1, 0.15) is 0 Å². The van der Waals surface area contributed by atoms with Gasteiger partial charge in [0.15, 0.2) is 0 Å². The molecule has 0 aromatic heterocycles. The summed E-state index contributed by atoms with van der Waals surface area (Å²) in [4.78, 5) is 67.1. The molecule has 1 rings (SSSR count). The van der Waals surface area contributed by atoms with E-state index in [1.54, 1.807) is 0 Å². The molecular formula is C21H27N3O12. The van der Waals surface area contributed by atoms with Crippen LogP contribution in [0.3, 0.4) is 0 Å². The average Bonchev–Trinajstić information content (AvgIpc) is 2.79. The average molecular weight is 513 g/mol. The number of rotatable bonds is 16. The van der Waals surface area contributed by atoms with Crippen molar-refractivity contribution in [3.05, 3.63) is 18.2 Å². The third kappa shape index (κ3) is 14.6. The quantitative estimate of drug-likeness (QED) is 0.122. The van der Waals surface area contributed by atoms with Crippen molar-refractivity contribution in [2.45, 2.75) is 32.1 Å². The largest absolute Gasteiger partial charge is 0.481 e. The normalized spacial score (nSPS) is 9.89. The summed E-state index contributed by atoms with van der Waals surface area (Å²) in [6.07, 6.45) is -2.56. The highest BCUT2D eigenvalue weighted by atomic mass is 16.6. The van der Waals surface area contributed by atoms with Crippen molar-refractivity contribution < 1.29 is 57.9 Å². The summed E-state index contributed by atoms with van der Waals surface area (Å²) in [5.41, 5.74) is 0.294. The number of carboxylic acid groups (broad SMARTS) is 2. The van der Waals surface area contributed by atoms with E-state index >= 15 is 0 Å². The summed E-state index contributed by atoms with van der Waals surface area (Å²) in [6, 6.07) is 3.99. The first-order chi connectivity index (χ1) is 17.2. The van der Waals surface area contributed by atoms with Crippen LogP contribution >= 0.6 is 0 Å². The number of ether oxygens (including phenoxy) is 4. The molecule has 198 valence electrons. The van der Waals surface area contributed by atoms with Crippen molar-refractivity contribution in [3.8, 4) is 0 Å². The fourth-order valence-corrected chi connectivity index (χ4v) is 2.44. The number of nitrogens with one attached hydrogen (secondary N) is 3. The lowest BCUT2D eigenvalue weighted by Crippen LogP contribution is -2.18. The molecule has 0 atom stereocenters. The van der Waals surface area contributed by atoms with E-state index in [9.17, 15) is 28.8 Å². The van der Waals surface area contributed by atoms with Gasteiger partial charge in [0.25, 0.3) is 6.47 Å². The Bertz CT molecular complexity index is 867. The summed E-state index contributed by atoms with van der Waals surface area (Å²) >= 11 is 0. The number of amides is 3. The van der Waals surface area contributed by atoms with Gasteiger partial charge in [-0.3, -0.25) is 30.3 Å². The summed E-state index contributed by atoms with van der Waals surface area (Å²) < 4.78 is 19.2. The zero-order chi connectivity index (χ0) is 26.8. The van der Waals surface area contributed by atoms with Gasteiger partial charge in [-0.15, -0.1) is 0 Å². The van der Waals surface area contributed by atoms with E-state index in [2.05, 4.69) is 20.7 Å². The van der Waals surface area contributed by atoms with Crippen LogP contribution in [0, 0.1) is 0 Å². The van der Waals surface area contributed by atoms with E-state index in [-0.39, 0.29) is 82.1 Å². The van der Waals surface area contributed by atoms with Gasteiger partial charge in [-0.2, -0.15) is 0 Å². The molecule has 0 radical (unpaired) electrons. The molecule has 15 nitrogen and oxygen atoms in total. The van der Waals surface area contributed by atoms with Gasteiger partial charge in [0.2, 0.25) is 0 Å². The number of hydrogen-bond donors (Lipinski definition) is 5. The Morgan fingerprint density at radius 3 is 1.33 bits per heavy atom. The molecule has 3 amide bonds. The first-order valence-corrected chi connectivity index (χ1v) is 10.6. The Morgan fingerprint density at radius 1 is 0.639 bits per heavy atom. The van der Waals surface area contributed by atoms with Crippen LogP contribution in [-0.2, 0) is 33.3 Å². The van der Waals surface area contributed by atoms with E-state index in [4.69, 9.17) is 24.4 Å².